The summed E-state index contributed by atoms with van der Waals surface area (Å²) in [4.78, 5) is 0. The first-order valence-electron chi connectivity index (χ1n) is 5.33. The third-order valence-electron chi connectivity index (χ3n) is 2.33. The molecule has 0 atom stereocenters. The van der Waals surface area contributed by atoms with Crippen molar-refractivity contribution in [2.45, 2.75) is 12.6 Å². The van der Waals surface area contributed by atoms with Gasteiger partial charge in [-0.2, -0.15) is 13.2 Å². The van der Waals surface area contributed by atoms with Gasteiger partial charge in [-0.25, -0.2) is 4.39 Å². The summed E-state index contributed by atoms with van der Waals surface area (Å²) in [7, 11) is 1.73. The molecule has 0 amide bonds. The second-order valence-electron chi connectivity index (χ2n) is 3.75. The van der Waals surface area contributed by atoms with Crippen LogP contribution >= 0.6 is 0 Å². The van der Waals surface area contributed by atoms with Crippen LogP contribution < -0.4 is 11.1 Å². The van der Waals surface area contributed by atoms with E-state index in [1.807, 2.05) is 0 Å². The molecule has 3 N–H and O–H groups in total. The summed E-state index contributed by atoms with van der Waals surface area (Å²) >= 11 is 0. The van der Waals surface area contributed by atoms with E-state index in [2.05, 4.69) is 5.32 Å². The van der Waals surface area contributed by atoms with Crippen molar-refractivity contribution in [1.82, 2.24) is 5.32 Å². The van der Waals surface area contributed by atoms with Gasteiger partial charge >= 0.3 is 6.18 Å². The number of benzene rings is 1. The van der Waals surface area contributed by atoms with Crippen LogP contribution in [-0.4, -0.2) is 13.6 Å². The van der Waals surface area contributed by atoms with E-state index in [1.54, 1.807) is 13.1 Å². The Bertz CT molecular complexity index is 438. The number of hydrogen-bond acceptors (Lipinski definition) is 2. The molecular formula is C12H14F4N2. The Kier molecular flexibility index (Phi) is 4.72. The molecule has 0 spiro atoms. The second-order valence-corrected chi connectivity index (χ2v) is 3.75. The normalized spacial score (nSPS) is 12.3. The van der Waals surface area contributed by atoms with Gasteiger partial charge in [-0.3, -0.25) is 0 Å². The van der Waals surface area contributed by atoms with E-state index in [0.717, 1.165) is 6.07 Å². The Labute approximate surface area is 102 Å². The quantitative estimate of drug-likeness (QED) is 0.497. The fraction of sp³-hybridized carbons (Fsp3) is 0.333. The van der Waals surface area contributed by atoms with Crippen LogP contribution in [0.5, 0.6) is 0 Å². The molecule has 1 rings (SSSR count). The third kappa shape index (κ3) is 3.73. The van der Waals surface area contributed by atoms with Crippen molar-refractivity contribution in [3.8, 4) is 0 Å². The van der Waals surface area contributed by atoms with E-state index in [-0.39, 0.29) is 5.56 Å². The molecule has 0 unspecified atom stereocenters. The van der Waals surface area contributed by atoms with Crippen LogP contribution in [0.15, 0.2) is 18.2 Å². The van der Waals surface area contributed by atoms with E-state index in [0.29, 0.717) is 19.0 Å². The highest BCUT2D eigenvalue weighted by Crippen LogP contribution is 2.34. The van der Waals surface area contributed by atoms with Crippen molar-refractivity contribution < 1.29 is 17.6 Å². The van der Waals surface area contributed by atoms with Gasteiger partial charge in [0.25, 0.3) is 0 Å². The van der Waals surface area contributed by atoms with Gasteiger partial charge in [-0.15, -0.1) is 0 Å². The summed E-state index contributed by atoms with van der Waals surface area (Å²) in [5.41, 5.74) is 3.50. The lowest BCUT2D eigenvalue weighted by Gasteiger charge is -2.11. The van der Waals surface area contributed by atoms with Crippen LogP contribution in [0.25, 0.3) is 6.08 Å². The standard InChI is InChI=1S/C12H14F4N2/c1-18-5-3-2-4-8-6-10(13)11(17)7-9(8)12(14,15)16/h2,4,6-7,18H,3,5,17H2,1H3. The van der Waals surface area contributed by atoms with Gasteiger partial charge in [0.15, 0.2) is 0 Å². The van der Waals surface area contributed by atoms with Crippen molar-refractivity contribution in [1.29, 1.82) is 0 Å². The van der Waals surface area contributed by atoms with Crippen LogP contribution in [0, 0.1) is 5.82 Å². The van der Waals surface area contributed by atoms with E-state index in [1.165, 1.54) is 6.08 Å². The molecule has 100 valence electrons. The first-order valence-corrected chi connectivity index (χ1v) is 5.33. The molecule has 0 saturated heterocycles. The van der Waals surface area contributed by atoms with Crippen LogP contribution in [0.3, 0.4) is 0 Å². The number of hydrogen-bond donors (Lipinski definition) is 2. The molecule has 18 heavy (non-hydrogen) atoms. The molecule has 0 saturated carbocycles. The van der Waals surface area contributed by atoms with Crippen LogP contribution in [0.2, 0.25) is 0 Å². The summed E-state index contributed by atoms with van der Waals surface area (Å²) in [6.45, 7) is 0.634. The zero-order chi connectivity index (χ0) is 13.8. The number of nitrogen functional groups attached to an aromatic ring is 1. The minimum Gasteiger partial charge on any atom is -0.396 e. The summed E-state index contributed by atoms with van der Waals surface area (Å²) in [5, 5.41) is 2.85. The van der Waals surface area contributed by atoms with Crippen LogP contribution in [0.1, 0.15) is 17.5 Å². The van der Waals surface area contributed by atoms with Crippen LogP contribution in [0.4, 0.5) is 23.2 Å². The Morgan fingerprint density at radius 3 is 2.56 bits per heavy atom. The zero-order valence-corrected chi connectivity index (χ0v) is 9.81. The topological polar surface area (TPSA) is 38.0 Å². The molecule has 1 aromatic carbocycles. The number of nitrogens with one attached hydrogen (secondary N) is 1. The number of halogens is 4. The number of rotatable bonds is 4. The van der Waals surface area contributed by atoms with Gasteiger partial charge in [-0.05, 0) is 37.7 Å². The average Bonchev–Trinajstić information content (AvgIpc) is 2.27. The Morgan fingerprint density at radius 2 is 2.00 bits per heavy atom. The predicted octanol–water partition coefficient (Wildman–Crippen LogP) is 3.05. The van der Waals surface area contributed by atoms with Crippen molar-refractivity contribution in [3.63, 3.8) is 0 Å². The zero-order valence-electron chi connectivity index (χ0n) is 9.81. The highest BCUT2D eigenvalue weighted by atomic mass is 19.4. The fourth-order valence-corrected chi connectivity index (χ4v) is 1.43. The van der Waals surface area contributed by atoms with Crippen molar-refractivity contribution in [2.24, 2.45) is 0 Å². The van der Waals surface area contributed by atoms with Gasteiger partial charge in [0.2, 0.25) is 0 Å². The highest BCUT2D eigenvalue weighted by Gasteiger charge is 2.33. The molecule has 0 radical (unpaired) electrons. The maximum atomic E-state index is 13.2. The molecule has 2 nitrogen and oxygen atoms in total. The Hall–Kier alpha value is -1.56. The predicted molar refractivity (Wildman–Crippen MR) is 63.4 cm³/mol. The molecule has 0 aromatic heterocycles. The van der Waals surface area contributed by atoms with Gasteiger partial charge in [0.1, 0.15) is 5.82 Å². The lowest BCUT2D eigenvalue weighted by Crippen LogP contribution is -2.09. The molecular weight excluding hydrogens is 248 g/mol. The van der Waals surface area contributed by atoms with E-state index in [9.17, 15) is 17.6 Å². The molecule has 6 heteroatoms. The minimum absolute atomic E-state index is 0.217. The first-order chi connectivity index (χ1) is 8.36. The largest absolute Gasteiger partial charge is 0.417 e. The minimum atomic E-state index is -4.55. The van der Waals surface area contributed by atoms with Gasteiger partial charge in [0, 0.05) is 0 Å². The highest BCUT2D eigenvalue weighted by molar-refractivity contribution is 5.60. The van der Waals surface area contributed by atoms with Crippen molar-refractivity contribution in [2.75, 3.05) is 19.3 Å². The Balaban J connectivity index is 3.08. The number of alkyl halides is 3. The van der Waals surface area contributed by atoms with Gasteiger partial charge in [-0.1, -0.05) is 12.2 Å². The number of anilines is 1. The SMILES string of the molecule is CNCCC=Cc1cc(F)c(N)cc1C(F)(F)F. The molecule has 0 aliphatic carbocycles. The molecule has 0 bridgehead atoms. The van der Waals surface area contributed by atoms with E-state index < -0.39 is 23.2 Å². The average molecular weight is 262 g/mol. The molecule has 0 heterocycles. The monoisotopic (exact) mass is 262 g/mol. The van der Waals surface area contributed by atoms with Crippen molar-refractivity contribution >= 4 is 11.8 Å². The van der Waals surface area contributed by atoms with Gasteiger partial charge < -0.3 is 11.1 Å². The summed E-state index contributed by atoms with van der Waals surface area (Å²) in [6, 6.07) is 1.42. The second kappa shape index (κ2) is 5.86. The van der Waals surface area contributed by atoms with Gasteiger partial charge in [0.05, 0.1) is 11.3 Å². The molecule has 0 aliphatic rings. The van der Waals surface area contributed by atoms with E-state index >= 15 is 0 Å². The maximum absolute atomic E-state index is 13.2. The molecule has 0 aliphatic heterocycles. The molecule has 0 fully saturated rings. The lowest BCUT2D eigenvalue weighted by molar-refractivity contribution is -0.137. The fourth-order valence-electron chi connectivity index (χ4n) is 1.43. The number of nitrogens with two attached hydrogens (primary N) is 1. The maximum Gasteiger partial charge on any atom is 0.417 e. The summed E-state index contributed by atoms with van der Waals surface area (Å²) in [5.74, 6) is -0.851. The van der Waals surface area contributed by atoms with Crippen LogP contribution in [-0.2, 0) is 6.18 Å². The molecule has 1 aromatic rings. The summed E-state index contributed by atoms with van der Waals surface area (Å²) in [6.07, 6.45) is -1.19. The van der Waals surface area contributed by atoms with E-state index in [4.69, 9.17) is 5.73 Å². The summed E-state index contributed by atoms with van der Waals surface area (Å²) < 4.78 is 51.3. The first kappa shape index (κ1) is 14.5. The Morgan fingerprint density at radius 1 is 1.33 bits per heavy atom. The smallest absolute Gasteiger partial charge is 0.396 e. The lowest BCUT2D eigenvalue weighted by atomic mass is 10.0. The third-order valence-corrected chi connectivity index (χ3v) is 2.33. The van der Waals surface area contributed by atoms with Crippen molar-refractivity contribution in [3.05, 3.63) is 35.2 Å².